The number of hydrogen-bond donors (Lipinski definition) is 1. The number of aromatic hydroxyl groups is 1. The molecule has 0 radical (unpaired) electrons. The quantitative estimate of drug-likeness (QED) is 0.263. The molecule has 0 aliphatic carbocycles. The molecule has 3 rings (SSSR count). The Labute approximate surface area is 188 Å². The predicted molar refractivity (Wildman–Crippen MR) is 115 cm³/mol. The monoisotopic (exact) mass is 466 g/mol. The molecule has 0 heterocycles. The molecule has 33 heavy (non-hydrogen) atoms. The number of benzene rings is 3. The fourth-order valence-electron chi connectivity index (χ4n) is 3.78. The molecule has 0 saturated carbocycles. The first kappa shape index (κ1) is 24.7. The van der Waals surface area contributed by atoms with E-state index in [-0.39, 0.29) is 29.5 Å². The Kier molecular flexibility index (Phi) is 7.72. The Morgan fingerprint density at radius 2 is 1.42 bits per heavy atom. The fourth-order valence-corrected chi connectivity index (χ4v) is 3.78. The molecule has 0 bridgehead atoms. The van der Waals surface area contributed by atoms with Crippen LogP contribution in [0.15, 0.2) is 48.5 Å². The first-order chi connectivity index (χ1) is 15.6. The summed E-state index contributed by atoms with van der Waals surface area (Å²) in [5.41, 5.74) is -0.246. The zero-order chi connectivity index (χ0) is 24.2. The molecule has 0 fully saturated rings. The average Bonchev–Trinajstić information content (AvgIpc) is 2.74. The summed E-state index contributed by atoms with van der Waals surface area (Å²) in [4.78, 5) is 0. The lowest BCUT2D eigenvalue weighted by molar-refractivity contribution is -0.140. The zero-order valence-corrected chi connectivity index (χ0v) is 18.1. The Balaban J connectivity index is 1.83. The van der Waals surface area contributed by atoms with E-state index in [2.05, 4.69) is 6.92 Å². The largest absolute Gasteiger partial charge is 0.507 e. The molecule has 176 valence electrons. The summed E-state index contributed by atoms with van der Waals surface area (Å²) >= 11 is 0. The van der Waals surface area contributed by atoms with Crippen molar-refractivity contribution < 1.29 is 31.4 Å². The number of halogens is 6. The molecule has 0 spiro atoms. The van der Waals surface area contributed by atoms with Crippen LogP contribution in [0.1, 0.15) is 48.4 Å². The van der Waals surface area contributed by atoms with Crippen molar-refractivity contribution in [1.82, 2.24) is 0 Å². The topological polar surface area (TPSA) is 20.2 Å². The number of unbranched alkanes of at least 4 members (excludes halogenated alkanes) is 2. The molecular weight excluding hydrogens is 442 g/mol. The van der Waals surface area contributed by atoms with Crippen molar-refractivity contribution >= 4 is 0 Å². The fraction of sp³-hybridized carbons (Fsp3) is 0.308. The SMILES string of the molecule is CCCCCc1ccc(-c2c(O)cc(F)c(CCc3ccc(C(F)(F)F)c(F)c3)c2F)cc1. The Bertz CT molecular complexity index is 1100. The number of alkyl halides is 3. The van der Waals surface area contributed by atoms with E-state index in [1.807, 2.05) is 12.1 Å². The summed E-state index contributed by atoms with van der Waals surface area (Å²) in [6.07, 6.45) is -1.02. The van der Waals surface area contributed by atoms with Crippen molar-refractivity contribution in [3.8, 4) is 16.9 Å². The van der Waals surface area contributed by atoms with Gasteiger partial charge in [0.2, 0.25) is 0 Å². The number of hydrogen-bond acceptors (Lipinski definition) is 1. The van der Waals surface area contributed by atoms with Gasteiger partial charge in [-0.05, 0) is 54.5 Å². The summed E-state index contributed by atoms with van der Waals surface area (Å²) < 4.78 is 81.6. The third-order valence-electron chi connectivity index (χ3n) is 5.61. The summed E-state index contributed by atoms with van der Waals surface area (Å²) in [6, 6.07) is 10.2. The summed E-state index contributed by atoms with van der Waals surface area (Å²) in [7, 11) is 0. The summed E-state index contributed by atoms with van der Waals surface area (Å²) in [5.74, 6) is -3.91. The summed E-state index contributed by atoms with van der Waals surface area (Å²) in [6.45, 7) is 2.11. The van der Waals surface area contributed by atoms with E-state index in [0.29, 0.717) is 11.6 Å². The standard InChI is InChI=1S/C26H24F6O/c1-2-3-4-5-16-6-10-18(11-7-16)24-23(33)15-21(27)19(25(24)29)12-8-17-9-13-20(22(28)14-17)26(30,31)32/h6-7,9-11,13-15,33H,2-5,8,12H2,1H3. The van der Waals surface area contributed by atoms with Gasteiger partial charge in [-0.25, -0.2) is 13.2 Å². The van der Waals surface area contributed by atoms with Crippen molar-refractivity contribution in [2.45, 2.75) is 51.6 Å². The van der Waals surface area contributed by atoms with Gasteiger partial charge in [-0.3, -0.25) is 0 Å². The summed E-state index contributed by atoms with van der Waals surface area (Å²) in [5, 5.41) is 10.2. The average molecular weight is 466 g/mol. The molecule has 3 aromatic carbocycles. The van der Waals surface area contributed by atoms with Crippen molar-refractivity contribution in [2.75, 3.05) is 0 Å². The second-order valence-electron chi connectivity index (χ2n) is 8.01. The van der Waals surface area contributed by atoms with Gasteiger partial charge in [0.15, 0.2) is 0 Å². The Morgan fingerprint density at radius 1 is 0.758 bits per heavy atom. The minimum atomic E-state index is -4.82. The van der Waals surface area contributed by atoms with E-state index in [4.69, 9.17) is 0 Å². The lowest BCUT2D eigenvalue weighted by Gasteiger charge is -2.13. The van der Waals surface area contributed by atoms with Crippen molar-refractivity contribution in [1.29, 1.82) is 0 Å². The van der Waals surface area contributed by atoms with Gasteiger partial charge in [-0.1, -0.05) is 50.1 Å². The molecule has 1 N–H and O–H groups in total. The highest BCUT2D eigenvalue weighted by atomic mass is 19.4. The maximum Gasteiger partial charge on any atom is 0.419 e. The molecule has 0 aliphatic rings. The van der Waals surface area contributed by atoms with Gasteiger partial charge >= 0.3 is 6.18 Å². The highest BCUT2D eigenvalue weighted by Crippen LogP contribution is 2.36. The van der Waals surface area contributed by atoms with Crippen LogP contribution >= 0.6 is 0 Å². The van der Waals surface area contributed by atoms with Gasteiger partial charge in [0.1, 0.15) is 23.2 Å². The van der Waals surface area contributed by atoms with E-state index in [9.17, 15) is 27.1 Å². The molecule has 1 nitrogen and oxygen atoms in total. The minimum Gasteiger partial charge on any atom is -0.507 e. The maximum absolute atomic E-state index is 15.2. The van der Waals surface area contributed by atoms with Gasteiger partial charge in [0.05, 0.1) is 11.1 Å². The number of aryl methyl sites for hydroxylation is 2. The number of phenolic OH excluding ortho intramolecular Hbond substituents is 1. The van der Waals surface area contributed by atoms with Crippen LogP contribution in [0.4, 0.5) is 26.3 Å². The Hall–Kier alpha value is -2.96. The van der Waals surface area contributed by atoms with Crippen LogP contribution in [0.25, 0.3) is 11.1 Å². The van der Waals surface area contributed by atoms with Gasteiger partial charge in [-0.15, -0.1) is 0 Å². The number of rotatable bonds is 8. The molecule has 0 aromatic heterocycles. The maximum atomic E-state index is 15.2. The van der Waals surface area contributed by atoms with Gasteiger partial charge in [0, 0.05) is 11.6 Å². The van der Waals surface area contributed by atoms with Crippen LogP contribution < -0.4 is 0 Å². The van der Waals surface area contributed by atoms with Crippen LogP contribution in [0.5, 0.6) is 5.75 Å². The zero-order valence-electron chi connectivity index (χ0n) is 18.1. The first-order valence-corrected chi connectivity index (χ1v) is 10.8. The smallest absolute Gasteiger partial charge is 0.419 e. The van der Waals surface area contributed by atoms with Crippen LogP contribution in [-0.2, 0) is 25.4 Å². The lowest BCUT2D eigenvalue weighted by atomic mass is 9.95. The molecule has 0 saturated heterocycles. The highest BCUT2D eigenvalue weighted by molar-refractivity contribution is 5.72. The molecule has 7 heteroatoms. The van der Waals surface area contributed by atoms with E-state index in [0.717, 1.165) is 49.4 Å². The number of phenols is 1. The van der Waals surface area contributed by atoms with Crippen LogP contribution in [-0.4, -0.2) is 5.11 Å². The van der Waals surface area contributed by atoms with Crippen LogP contribution in [0, 0.1) is 17.5 Å². The molecule has 0 atom stereocenters. The van der Waals surface area contributed by atoms with Gasteiger partial charge in [-0.2, -0.15) is 13.2 Å². The lowest BCUT2D eigenvalue weighted by Crippen LogP contribution is -2.08. The van der Waals surface area contributed by atoms with Crippen molar-refractivity contribution in [3.63, 3.8) is 0 Å². The van der Waals surface area contributed by atoms with E-state index in [1.165, 1.54) is 0 Å². The molecule has 3 aromatic rings. The minimum absolute atomic E-state index is 0.0799. The van der Waals surface area contributed by atoms with Crippen molar-refractivity contribution in [2.24, 2.45) is 0 Å². The first-order valence-electron chi connectivity index (χ1n) is 10.8. The van der Waals surface area contributed by atoms with Gasteiger partial charge in [0.25, 0.3) is 0 Å². The second-order valence-corrected chi connectivity index (χ2v) is 8.01. The van der Waals surface area contributed by atoms with Crippen LogP contribution in [0.3, 0.4) is 0 Å². The third kappa shape index (κ3) is 5.89. The molecule has 0 aliphatic heterocycles. The van der Waals surface area contributed by atoms with E-state index >= 15 is 4.39 Å². The predicted octanol–water partition coefficient (Wildman–Crippen LogP) is 8.01. The van der Waals surface area contributed by atoms with Crippen LogP contribution in [0.2, 0.25) is 0 Å². The molecule has 0 unspecified atom stereocenters. The molecular formula is C26H24F6O. The highest BCUT2D eigenvalue weighted by Gasteiger charge is 2.33. The molecule has 0 amide bonds. The normalized spacial score (nSPS) is 11.7. The van der Waals surface area contributed by atoms with Gasteiger partial charge < -0.3 is 5.11 Å². The third-order valence-corrected chi connectivity index (χ3v) is 5.61. The van der Waals surface area contributed by atoms with Crippen molar-refractivity contribution in [3.05, 3.63) is 88.2 Å². The van der Waals surface area contributed by atoms with E-state index < -0.39 is 34.9 Å². The Morgan fingerprint density at radius 3 is 2.03 bits per heavy atom. The van der Waals surface area contributed by atoms with E-state index in [1.54, 1.807) is 12.1 Å². The second kappa shape index (κ2) is 10.3.